The van der Waals surface area contributed by atoms with Crippen LogP contribution in [0.5, 0.6) is 0 Å². The Hall–Kier alpha value is -2.28. The van der Waals surface area contributed by atoms with Crippen LogP contribution < -0.4 is 5.32 Å². The fraction of sp³-hybridized carbons (Fsp3) is 0.429. The third-order valence-electron chi connectivity index (χ3n) is 4.43. The quantitative estimate of drug-likeness (QED) is 0.807. The van der Waals surface area contributed by atoms with Gasteiger partial charge in [0.2, 0.25) is 11.8 Å². The second kappa shape index (κ2) is 4.36. The van der Waals surface area contributed by atoms with Crippen molar-refractivity contribution in [3.8, 4) is 0 Å². The number of aromatic nitrogens is 2. The molecule has 0 aliphatic carbocycles. The predicted octanol–water partition coefficient (Wildman–Crippen LogP) is 0.461. The Morgan fingerprint density at radius 3 is 3.05 bits per heavy atom. The number of likely N-dealkylation sites (tertiary alicyclic amines) is 1. The van der Waals surface area contributed by atoms with Gasteiger partial charge in [0.15, 0.2) is 0 Å². The molecule has 2 saturated heterocycles. The summed E-state index contributed by atoms with van der Waals surface area (Å²) in [6.45, 7) is 2.07. The van der Waals surface area contributed by atoms with Crippen LogP contribution in [0.1, 0.15) is 18.4 Å². The van der Waals surface area contributed by atoms with E-state index in [4.69, 9.17) is 4.63 Å². The van der Waals surface area contributed by atoms with Gasteiger partial charge in [-0.2, -0.15) is 0 Å². The Kier molecular flexibility index (Phi) is 2.58. The number of hydrogen-bond donors (Lipinski definition) is 1. The summed E-state index contributed by atoms with van der Waals surface area (Å²) in [5.74, 6) is -0.291. The molecular weight excluding hydrogens is 272 g/mol. The third-order valence-corrected chi connectivity index (χ3v) is 4.43. The molecule has 21 heavy (non-hydrogen) atoms. The van der Waals surface area contributed by atoms with E-state index in [1.165, 1.54) is 0 Å². The van der Waals surface area contributed by atoms with Crippen LogP contribution in [-0.2, 0) is 16.1 Å². The van der Waals surface area contributed by atoms with Gasteiger partial charge in [-0.3, -0.25) is 19.8 Å². The highest BCUT2D eigenvalue weighted by Crippen LogP contribution is 2.38. The minimum absolute atomic E-state index is 0.128. The van der Waals surface area contributed by atoms with Crippen LogP contribution >= 0.6 is 0 Å². The fourth-order valence-electron chi connectivity index (χ4n) is 3.34. The van der Waals surface area contributed by atoms with E-state index >= 15 is 0 Å². The number of imide groups is 1. The molecule has 1 spiro atoms. The van der Waals surface area contributed by atoms with E-state index < -0.39 is 5.41 Å². The Labute approximate surface area is 120 Å². The Bertz CT molecular complexity index is 741. The summed E-state index contributed by atoms with van der Waals surface area (Å²) in [5.41, 5.74) is 1.98. The molecule has 2 fully saturated rings. The third kappa shape index (κ3) is 1.92. The molecule has 2 aromatic rings. The zero-order valence-electron chi connectivity index (χ0n) is 11.3. The topological polar surface area (TPSA) is 88.3 Å². The van der Waals surface area contributed by atoms with Gasteiger partial charge in [0.05, 0.1) is 5.41 Å². The molecule has 108 valence electrons. The Morgan fingerprint density at radius 2 is 2.24 bits per heavy atom. The first-order chi connectivity index (χ1) is 10.2. The van der Waals surface area contributed by atoms with Gasteiger partial charge >= 0.3 is 0 Å². The summed E-state index contributed by atoms with van der Waals surface area (Å²) in [4.78, 5) is 25.6. The molecule has 0 bridgehead atoms. The molecule has 1 aromatic heterocycles. The van der Waals surface area contributed by atoms with E-state index in [0.29, 0.717) is 19.5 Å². The van der Waals surface area contributed by atoms with Crippen LogP contribution in [0, 0.1) is 5.41 Å². The second-order valence-corrected chi connectivity index (χ2v) is 5.84. The molecule has 4 rings (SSSR count). The molecule has 2 aliphatic heterocycles. The van der Waals surface area contributed by atoms with Crippen molar-refractivity contribution in [2.24, 2.45) is 5.41 Å². The number of amides is 2. The number of hydrogen-bond acceptors (Lipinski definition) is 6. The van der Waals surface area contributed by atoms with Gasteiger partial charge < -0.3 is 0 Å². The summed E-state index contributed by atoms with van der Waals surface area (Å²) in [5, 5.41) is 10.2. The van der Waals surface area contributed by atoms with Crippen LogP contribution in [0.25, 0.3) is 11.0 Å². The molecule has 0 radical (unpaired) electrons. The summed E-state index contributed by atoms with van der Waals surface area (Å²) in [6.07, 6.45) is 1.02. The number of carbonyl (C=O) groups is 2. The second-order valence-electron chi connectivity index (χ2n) is 5.84. The first-order valence-corrected chi connectivity index (χ1v) is 6.93. The van der Waals surface area contributed by atoms with Crippen LogP contribution in [0.3, 0.4) is 0 Å². The highest BCUT2D eigenvalue weighted by atomic mass is 16.6. The normalized spacial score (nSPS) is 26.1. The summed E-state index contributed by atoms with van der Waals surface area (Å²) < 4.78 is 4.77. The summed E-state index contributed by atoms with van der Waals surface area (Å²) in [6, 6.07) is 5.75. The van der Waals surface area contributed by atoms with Gasteiger partial charge in [-0.1, -0.05) is 12.1 Å². The molecule has 7 nitrogen and oxygen atoms in total. The van der Waals surface area contributed by atoms with Crippen LogP contribution in [-0.4, -0.2) is 40.1 Å². The molecule has 1 N–H and O–H groups in total. The number of fused-ring (bicyclic) bond motifs is 1. The molecule has 1 atom stereocenters. The molecule has 0 unspecified atom stereocenters. The van der Waals surface area contributed by atoms with Gasteiger partial charge in [-0.05, 0) is 34.9 Å². The van der Waals surface area contributed by atoms with Crippen molar-refractivity contribution >= 4 is 22.8 Å². The summed E-state index contributed by atoms with van der Waals surface area (Å²) in [7, 11) is 0. The van der Waals surface area contributed by atoms with Crippen LogP contribution in [0.4, 0.5) is 0 Å². The lowest BCUT2D eigenvalue weighted by atomic mass is 9.85. The predicted molar refractivity (Wildman–Crippen MR) is 71.9 cm³/mol. The average Bonchev–Trinajstić information content (AvgIpc) is 3.12. The van der Waals surface area contributed by atoms with Crippen molar-refractivity contribution in [1.29, 1.82) is 0 Å². The zero-order chi connectivity index (χ0) is 14.4. The van der Waals surface area contributed by atoms with E-state index in [9.17, 15) is 9.59 Å². The lowest BCUT2D eigenvalue weighted by molar-refractivity contribution is -0.128. The van der Waals surface area contributed by atoms with Gasteiger partial charge in [-0.25, -0.2) is 4.63 Å². The monoisotopic (exact) mass is 286 g/mol. The van der Waals surface area contributed by atoms with E-state index in [2.05, 4.69) is 20.5 Å². The maximum atomic E-state index is 12.0. The fourth-order valence-corrected chi connectivity index (χ4v) is 3.34. The lowest BCUT2D eigenvalue weighted by Crippen LogP contribution is -2.34. The highest BCUT2D eigenvalue weighted by molar-refractivity contribution is 6.06. The van der Waals surface area contributed by atoms with Crippen molar-refractivity contribution in [2.45, 2.75) is 19.4 Å². The van der Waals surface area contributed by atoms with Gasteiger partial charge in [-0.15, -0.1) is 0 Å². The number of carbonyl (C=O) groups excluding carboxylic acids is 2. The Balaban J connectivity index is 1.56. The number of nitrogens with one attached hydrogen (secondary N) is 1. The summed E-state index contributed by atoms with van der Waals surface area (Å²) >= 11 is 0. The maximum Gasteiger partial charge on any atom is 0.234 e. The molecule has 7 heteroatoms. The molecule has 2 aliphatic rings. The molecule has 2 amide bonds. The zero-order valence-corrected chi connectivity index (χ0v) is 11.3. The Morgan fingerprint density at radius 1 is 1.33 bits per heavy atom. The van der Waals surface area contributed by atoms with E-state index in [-0.39, 0.29) is 11.8 Å². The van der Waals surface area contributed by atoms with Crippen LogP contribution in [0.2, 0.25) is 0 Å². The number of nitrogens with zero attached hydrogens (tertiary/aromatic N) is 3. The van der Waals surface area contributed by atoms with Crippen molar-refractivity contribution in [1.82, 2.24) is 20.5 Å². The molecular formula is C14H14N4O3. The first-order valence-electron chi connectivity index (χ1n) is 6.93. The number of rotatable bonds is 2. The van der Waals surface area contributed by atoms with E-state index in [1.54, 1.807) is 0 Å². The largest absolute Gasteiger partial charge is 0.298 e. The molecule has 0 saturated carbocycles. The highest BCUT2D eigenvalue weighted by Gasteiger charge is 2.50. The van der Waals surface area contributed by atoms with Gasteiger partial charge in [0.25, 0.3) is 0 Å². The maximum absolute atomic E-state index is 12.0. The molecule has 1 aromatic carbocycles. The smallest absolute Gasteiger partial charge is 0.234 e. The van der Waals surface area contributed by atoms with Crippen molar-refractivity contribution in [3.63, 3.8) is 0 Å². The average molecular weight is 286 g/mol. The molecule has 3 heterocycles. The minimum Gasteiger partial charge on any atom is -0.298 e. The minimum atomic E-state index is -0.535. The van der Waals surface area contributed by atoms with E-state index in [1.807, 2.05) is 18.2 Å². The van der Waals surface area contributed by atoms with Crippen molar-refractivity contribution in [2.75, 3.05) is 13.1 Å². The number of benzene rings is 1. The van der Waals surface area contributed by atoms with Gasteiger partial charge in [0, 0.05) is 19.5 Å². The SMILES string of the molecule is O=C1C[C@]2(CCN(Cc3cccc4nonc34)C2)C(=O)N1. The standard InChI is InChI=1S/C14H14N4O3/c19-11-6-14(13(20)15-11)4-5-18(8-14)7-9-2-1-3-10-12(9)17-21-16-10/h1-3H,4-8H2,(H,15,19,20)/t14-/m0/s1. The van der Waals surface area contributed by atoms with E-state index in [0.717, 1.165) is 29.6 Å². The first kappa shape index (κ1) is 12.5. The van der Waals surface area contributed by atoms with Gasteiger partial charge in [0.1, 0.15) is 11.0 Å². The van der Waals surface area contributed by atoms with Crippen LogP contribution in [0.15, 0.2) is 22.8 Å². The lowest BCUT2D eigenvalue weighted by Gasteiger charge is -2.20. The van der Waals surface area contributed by atoms with Crippen molar-refractivity contribution in [3.05, 3.63) is 23.8 Å². The van der Waals surface area contributed by atoms with Crippen molar-refractivity contribution < 1.29 is 14.2 Å².